The molecule has 1 amide bonds. The topological polar surface area (TPSA) is 56.9 Å². The minimum Gasteiger partial charge on any atom is -0.381 e. The summed E-state index contributed by atoms with van der Waals surface area (Å²) in [5.41, 5.74) is 5.46. The molecule has 0 saturated heterocycles. The molecule has 0 radical (unpaired) electrons. The van der Waals surface area contributed by atoms with Crippen molar-refractivity contribution in [1.82, 2.24) is 10.3 Å². The molecule has 0 bridgehead atoms. The molecule has 3 aromatic rings. The third-order valence-corrected chi connectivity index (χ3v) is 5.94. The number of H-pyrrole nitrogens is 1. The number of carbonyl (C=O) groups excluding carboxylic acids is 1. The second-order valence-corrected chi connectivity index (χ2v) is 7.86. The van der Waals surface area contributed by atoms with Crippen LogP contribution in [0, 0.1) is 6.92 Å². The van der Waals surface area contributed by atoms with Gasteiger partial charge < -0.3 is 15.6 Å². The number of fused-ring (bicyclic) bond motifs is 2. The average molecular weight is 412 g/mol. The van der Waals surface area contributed by atoms with E-state index in [1.807, 2.05) is 30.3 Å². The van der Waals surface area contributed by atoms with E-state index in [4.69, 9.17) is 0 Å². The molecular weight excluding hydrogens is 390 g/mol. The molecule has 1 aliphatic rings. The SMILES string of the molecule is Cc1ccc(Br)c2c1C(CCNC(=O)c1cc3ccccc3[nH]1)C(C)N2. The molecule has 5 heteroatoms. The second kappa shape index (κ2) is 6.80. The first-order valence-electron chi connectivity index (χ1n) is 8.96. The van der Waals surface area contributed by atoms with Crippen molar-refractivity contribution in [3.8, 4) is 0 Å². The summed E-state index contributed by atoms with van der Waals surface area (Å²) in [6.45, 7) is 5.01. The lowest BCUT2D eigenvalue weighted by Crippen LogP contribution is -2.27. The lowest BCUT2D eigenvalue weighted by atomic mass is 9.89. The number of aryl methyl sites for hydroxylation is 1. The van der Waals surface area contributed by atoms with Crippen molar-refractivity contribution in [2.45, 2.75) is 32.2 Å². The predicted octanol–water partition coefficient (Wildman–Crippen LogP) is 4.96. The highest BCUT2D eigenvalue weighted by molar-refractivity contribution is 9.10. The molecule has 26 heavy (non-hydrogen) atoms. The summed E-state index contributed by atoms with van der Waals surface area (Å²) in [4.78, 5) is 15.7. The summed E-state index contributed by atoms with van der Waals surface area (Å²) in [6.07, 6.45) is 0.907. The van der Waals surface area contributed by atoms with Crippen LogP contribution in [0.1, 0.15) is 40.9 Å². The maximum Gasteiger partial charge on any atom is 0.267 e. The molecule has 4 nitrogen and oxygen atoms in total. The highest BCUT2D eigenvalue weighted by Crippen LogP contribution is 2.43. The number of para-hydroxylation sites is 1. The fraction of sp³-hybridized carbons (Fsp3) is 0.286. The van der Waals surface area contributed by atoms with E-state index in [1.165, 1.54) is 16.8 Å². The van der Waals surface area contributed by atoms with Crippen molar-refractivity contribution >= 4 is 38.4 Å². The fourth-order valence-corrected chi connectivity index (χ4v) is 4.39. The standard InChI is InChI=1S/C21H22BrN3O/c1-12-7-8-16(22)20-19(12)15(13(2)24-20)9-10-23-21(26)18-11-14-5-3-4-6-17(14)25-18/h3-8,11,13,15,24-25H,9-10H2,1-2H3,(H,23,26). The summed E-state index contributed by atoms with van der Waals surface area (Å²) in [5.74, 6) is 0.344. The van der Waals surface area contributed by atoms with E-state index in [2.05, 4.69) is 57.5 Å². The van der Waals surface area contributed by atoms with Gasteiger partial charge in [0.05, 0.1) is 5.69 Å². The van der Waals surface area contributed by atoms with E-state index in [0.717, 1.165) is 21.8 Å². The summed E-state index contributed by atoms with van der Waals surface area (Å²) < 4.78 is 1.11. The zero-order valence-electron chi connectivity index (χ0n) is 14.9. The number of aromatic nitrogens is 1. The first kappa shape index (κ1) is 17.2. The van der Waals surface area contributed by atoms with Crippen molar-refractivity contribution in [2.24, 2.45) is 0 Å². The quantitative estimate of drug-likeness (QED) is 0.568. The van der Waals surface area contributed by atoms with Gasteiger partial charge >= 0.3 is 0 Å². The number of aromatic amines is 1. The zero-order chi connectivity index (χ0) is 18.3. The Morgan fingerprint density at radius 3 is 2.85 bits per heavy atom. The Labute approximate surface area is 161 Å². The number of benzene rings is 2. The Hall–Kier alpha value is -2.27. The third kappa shape index (κ3) is 3.01. The Bertz CT molecular complexity index is 946. The molecule has 1 aliphatic heterocycles. The molecule has 0 spiro atoms. The molecule has 1 aromatic heterocycles. The fourth-order valence-electron chi connectivity index (χ4n) is 3.93. The van der Waals surface area contributed by atoms with E-state index < -0.39 is 0 Å². The molecular formula is C21H22BrN3O. The van der Waals surface area contributed by atoms with Crippen LogP contribution in [-0.2, 0) is 0 Å². The largest absolute Gasteiger partial charge is 0.381 e. The van der Waals surface area contributed by atoms with E-state index >= 15 is 0 Å². The third-order valence-electron chi connectivity index (χ3n) is 5.27. The van der Waals surface area contributed by atoms with Crippen LogP contribution in [0.4, 0.5) is 5.69 Å². The number of nitrogens with one attached hydrogen (secondary N) is 3. The van der Waals surface area contributed by atoms with Crippen LogP contribution >= 0.6 is 15.9 Å². The van der Waals surface area contributed by atoms with Gasteiger partial charge in [0.1, 0.15) is 5.69 Å². The molecule has 2 heterocycles. The van der Waals surface area contributed by atoms with Crippen molar-refractivity contribution in [3.63, 3.8) is 0 Å². The summed E-state index contributed by atoms with van der Waals surface area (Å²) in [5, 5.41) is 7.70. The van der Waals surface area contributed by atoms with Gasteiger partial charge in [-0.1, -0.05) is 24.3 Å². The Kier molecular flexibility index (Phi) is 4.49. The monoisotopic (exact) mass is 411 g/mol. The van der Waals surface area contributed by atoms with Crippen LogP contribution < -0.4 is 10.6 Å². The van der Waals surface area contributed by atoms with Gasteiger partial charge in [-0.15, -0.1) is 0 Å². The Morgan fingerprint density at radius 2 is 2.04 bits per heavy atom. The molecule has 4 rings (SSSR count). The van der Waals surface area contributed by atoms with Crippen molar-refractivity contribution in [1.29, 1.82) is 0 Å². The smallest absolute Gasteiger partial charge is 0.267 e. The number of rotatable bonds is 4. The van der Waals surface area contributed by atoms with Gasteiger partial charge in [0, 0.05) is 33.9 Å². The van der Waals surface area contributed by atoms with Gasteiger partial charge in [-0.3, -0.25) is 4.79 Å². The van der Waals surface area contributed by atoms with Gasteiger partial charge in [-0.25, -0.2) is 0 Å². The van der Waals surface area contributed by atoms with Crippen LogP contribution in [0.25, 0.3) is 10.9 Å². The van der Waals surface area contributed by atoms with Crippen molar-refractivity contribution in [2.75, 3.05) is 11.9 Å². The predicted molar refractivity (Wildman–Crippen MR) is 110 cm³/mol. The van der Waals surface area contributed by atoms with Crippen LogP contribution in [-0.4, -0.2) is 23.5 Å². The Balaban J connectivity index is 1.44. The molecule has 0 aliphatic carbocycles. The highest BCUT2D eigenvalue weighted by atomic mass is 79.9. The lowest BCUT2D eigenvalue weighted by molar-refractivity contribution is 0.0948. The molecule has 0 fully saturated rings. The van der Waals surface area contributed by atoms with Crippen molar-refractivity contribution < 1.29 is 4.79 Å². The van der Waals surface area contributed by atoms with E-state index in [9.17, 15) is 4.79 Å². The molecule has 3 N–H and O–H groups in total. The Morgan fingerprint density at radius 1 is 1.23 bits per heavy atom. The number of anilines is 1. The van der Waals surface area contributed by atoms with E-state index in [-0.39, 0.29) is 5.91 Å². The van der Waals surface area contributed by atoms with Crippen LogP contribution in [0.2, 0.25) is 0 Å². The maximum absolute atomic E-state index is 12.5. The summed E-state index contributed by atoms with van der Waals surface area (Å²) >= 11 is 3.64. The molecule has 134 valence electrons. The van der Waals surface area contributed by atoms with Crippen molar-refractivity contribution in [3.05, 3.63) is 63.8 Å². The zero-order valence-corrected chi connectivity index (χ0v) is 16.5. The van der Waals surface area contributed by atoms with Gasteiger partial charge in [0.2, 0.25) is 0 Å². The first-order valence-corrected chi connectivity index (χ1v) is 9.75. The highest BCUT2D eigenvalue weighted by Gasteiger charge is 2.31. The number of amides is 1. The summed E-state index contributed by atoms with van der Waals surface area (Å²) in [7, 11) is 0. The van der Waals surface area contributed by atoms with Gasteiger partial charge in [-0.2, -0.15) is 0 Å². The minimum atomic E-state index is -0.0500. The molecule has 2 atom stereocenters. The number of carbonyl (C=O) groups is 1. The number of hydrogen-bond acceptors (Lipinski definition) is 2. The van der Waals surface area contributed by atoms with Crippen LogP contribution in [0.3, 0.4) is 0 Å². The number of hydrogen-bond donors (Lipinski definition) is 3. The van der Waals surface area contributed by atoms with Gasteiger partial charge in [0.25, 0.3) is 5.91 Å². The molecule has 2 aromatic carbocycles. The van der Waals surface area contributed by atoms with Gasteiger partial charge in [-0.05, 0) is 65.5 Å². The average Bonchev–Trinajstić information content (AvgIpc) is 3.20. The first-order chi connectivity index (χ1) is 12.5. The summed E-state index contributed by atoms with van der Waals surface area (Å²) in [6, 6.07) is 14.4. The van der Waals surface area contributed by atoms with Crippen LogP contribution in [0.15, 0.2) is 46.9 Å². The molecule has 0 saturated carbocycles. The van der Waals surface area contributed by atoms with E-state index in [0.29, 0.717) is 24.2 Å². The van der Waals surface area contributed by atoms with Crippen LogP contribution in [0.5, 0.6) is 0 Å². The lowest BCUT2D eigenvalue weighted by Gasteiger charge is -2.17. The number of halogens is 1. The van der Waals surface area contributed by atoms with Gasteiger partial charge in [0.15, 0.2) is 0 Å². The second-order valence-electron chi connectivity index (χ2n) is 7.01. The molecule has 2 unspecified atom stereocenters. The maximum atomic E-state index is 12.5. The van der Waals surface area contributed by atoms with E-state index in [1.54, 1.807) is 0 Å². The minimum absolute atomic E-state index is 0.0500. The normalized spacial score (nSPS) is 18.6.